The van der Waals surface area contributed by atoms with Crippen LogP contribution in [0.2, 0.25) is 0 Å². The van der Waals surface area contributed by atoms with Crippen molar-refractivity contribution in [3.05, 3.63) is 60.7 Å². The summed E-state index contributed by atoms with van der Waals surface area (Å²) in [6.07, 6.45) is 6.35. The molecule has 0 heterocycles. The topological polar surface area (TPSA) is 0 Å². The van der Waals surface area contributed by atoms with Crippen molar-refractivity contribution < 1.29 is 4.48 Å². The smallest absolute Gasteiger partial charge is 0.133 e. The third-order valence-electron chi connectivity index (χ3n) is 2.93. The van der Waals surface area contributed by atoms with E-state index in [4.69, 9.17) is 0 Å². The summed E-state index contributed by atoms with van der Waals surface area (Å²) < 4.78 is 0.901. The molecule has 1 atom stereocenters. The number of nitrogens with zero attached hydrogens (tertiary/aromatic N) is 1. The third-order valence-corrected chi connectivity index (χ3v) is 2.93. The van der Waals surface area contributed by atoms with Crippen LogP contribution in [0.3, 0.4) is 0 Å². The Kier molecular flexibility index (Phi) is 4.51. The van der Waals surface area contributed by atoms with Crippen LogP contribution >= 0.6 is 0 Å². The van der Waals surface area contributed by atoms with E-state index in [1.165, 1.54) is 5.56 Å². The number of likely N-dealkylation sites (N-methyl/N-ethyl adjacent to an activating group) is 1. The molecule has 0 fully saturated rings. The molecule has 1 heteroatoms. The maximum atomic E-state index is 3.97. The number of quaternary nitrogens is 1. The van der Waals surface area contributed by atoms with Crippen LogP contribution in [-0.2, 0) is 0 Å². The summed E-state index contributed by atoms with van der Waals surface area (Å²) in [5, 5.41) is 0. The van der Waals surface area contributed by atoms with Gasteiger partial charge in [0.15, 0.2) is 0 Å². The Morgan fingerprint density at radius 1 is 1.25 bits per heavy atom. The Balaban J connectivity index is 2.93. The van der Waals surface area contributed by atoms with Gasteiger partial charge in [0.05, 0.1) is 20.6 Å². The first kappa shape index (κ1) is 12.7. The molecule has 0 spiro atoms. The van der Waals surface area contributed by atoms with Gasteiger partial charge in [-0.15, -0.1) is 0 Å². The van der Waals surface area contributed by atoms with Crippen molar-refractivity contribution in [3.8, 4) is 0 Å². The summed E-state index contributed by atoms with van der Waals surface area (Å²) in [5.41, 5.74) is 1.33. The van der Waals surface area contributed by atoms with Gasteiger partial charge in [-0.1, -0.05) is 43.0 Å². The highest BCUT2D eigenvalue weighted by Gasteiger charge is 2.25. The van der Waals surface area contributed by atoms with E-state index in [9.17, 15) is 0 Å². The second kappa shape index (κ2) is 5.66. The van der Waals surface area contributed by atoms with Crippen molar-refractivity contribution in [2.75, 3.05) is 20.6 Å². The lowest BCUT2D eigenvalue weighted by Gasteiger charge is -2.35. The Hall–Kier alpha value is -1.34. The minimum Gasteiger partial charge on any atom is -0.316 e. The first-order valence-corrected chi connectivity index (χ1v) is 5.73. The number of allylic oxidation sites excluding steroid dienone is 1. The van der Waals surface area contributed by atoms with E-state index >= 15 is 0 Å². The molecule has 0 aliphatic rings. The fraction of sp³-hybridized carbons (Fsp3) is 0.333. The van der Waals surface area contributed by atoms with Crippen molar-refractivity contribution in [1.29, 1.82) is 0 Å². The van der Waals surface area contributed by atoms with Gasteiger partial charge in [0.2, 0.25) is 0 Å². The first-order valence-electron chi connectivity index (χ1n) is 5.73. The van der Waals surface area contributed by atoms with Gasteiger partial charge in [0, 0.05) is 5.56 Å². The normalized spacial score (nSPS) is 13.9. The molecule has 1 rings (SSSR count). The third kappa shape index (κ3) is 3.07. The number of hydrogen-bond donors (Lipinski definition) is 0. The molecular formula is C15H22N+. The maximum absolute atomic E-state index is 3.97. The van der Waals surface area contributed by atoms with Crippen molar-refractivity contribution in [2.45, 2.75) is 13.0 Å². The van der Waals surface area contributed by atoms with E-state index in [0.29, 0.717) is 6.04 Å². The van der Waals surface area contributed by atoms with Crippen LogP contribution in [0, 0.1) is 0 Å². The van der Waals surface area contributed by atoms with E-state index in [2.05, 4.69) is 70.1 Å². The molecule has 0 N–H and O–H groups in total. The fourth-order valence-electron chi connectivity index (χ4n) is 1.97. The van der Waals surface area contributed by atoms with Gasteiger partial charge in [-0.25, -0.2) is 0 Å². The van der Waals surface area contributed by atoms with E-state index in [-0.39, 0.29) is 0 Å². The van der Waals surface area contributed by atoms with Crippen LogP contribution in [-0.4, -0.2) is 25.1 Å². The highest BCUT2D eigenvalue weighted by atomic mass is 15.3. The molecule has 86 valence electrons. The molecule has 0 aliphatic carbocycles. The summed E-state index contributed by atoms with van der Waals surface area (Å²) in [4.78, 5) is 0. The van der Waals surface area contributed by atoms with Crippen molar-refractivity contribution in [1.82, 2.24) is 0 Å². The van der Waals surface area contributed by atoms with Gasteiger partial charge in [-0.2, -0.15) is 0 Å². The lowest BCUT2D eigenvalue weighted by Crippen LogP contribution is -2.42. The molecule has 0 aromatic heterocycles. The van der Waals surface area contributed by atoms with Crippen LogP contribution in [0.4, 0.5) is 0 Å². The predicted octanol–water partition coefficient (Wildman–Crippen LogP) is 3.57. The van der Waals surface area contributed by atoms with E-state index in [1.807, 2.05) is 6.08 Å². The molecule has 16 heavy (non-hydrogen) atoms. The van der Waals surface area contributed by atoms with Crippen molar-refractivity contribution in [2.24, 2.45) is 0 Å². The largest absolute Gasteiger partial charge is 0.316 e. The Morgan fingerprint density at radius 2 is 1.88 bits per heavy atom. The van der Waals surface area contributed by atoms with Crippen LogP contribution in [0.1, 0.15) is 18.5 Å². The molecule has 0 aliphatic heterocycles. The van der Waals surface area contributed by atoms with Gasteiger partial charge < -0.3 is 4.48 Å². The van der Waals surface area contributed by atoms with Gasteiger partial charge in [0.1, 0.15) is 6.04 Å². The summed E-state index contributed by atoms with van der Waals surface area (Å²) in [6.45, 7) is 7.05. The van der Waals surface area contributed by atoms with Crippen molar-refractivity contribution >= 4 is 0 Å². The van der Waals surface area contributed by atoms with Crippen LogP contribution in [0.5, 0.6) is 0 Å². The minimum absolute atomic E-state index is 0.345. The Morgan fingerprint density at radius 3 is 2.38 bits per heavy atom. The predicted molar refractivity (Wildman–Crippen MR) is 71.2 cm³/mol. The zero-order chi connectivity index (χ0) is 12.0. The van der Waals surface area contributed by atoms with E-state index in [1.54, 1.807) is 0 Å². The molecular weight excluding hydrogens is 194 g/mol. The molecule has 0 amide bonds. The second-order valence-electron chi connectivity index (χ2n) is 4.62. The quantitative estimate of drug-likeness (QED) is 0.521. The zero-order valence-corrected chi connectivity index (χ0v) is 10.6. The summed E-state index contributed by atoms with van der Waals surface area (Å²) in [6, 6.07) is 10.9. The summed E-state index contributed by atoms with van der Waals surface area (Å²) in [7, 11) is 4.47. The lowest BCUT2D eigenvalue weighted by atomic mass is 10.0. The highest BCUT2D eigenvalue weighted by Crippen LogP contribution is 2.25. The molecule has 1 unspecified atom stereocenters. The standard InChI is InChI=1S/C15H22N/c1-5-7-13-16(3,4)15(6-2)14-11-9-8-10-12-14/h5-12,15H,2,13H2,1,3-4H3/q+1. The molecule has 0 radical (unpaired) electrons. The average molecular weight is 216 g/mol. The van der Waals surface area contributed by atoms with Crippen LogP contribution in [0.15, 0.2) is 55.1 Å². The second-order valence-corrected chi connectivity index (χ2v) is 4.62. The van der Waals surface area contributed by atoms with Crippen LogP contribution < -0.4 is 0 Å². The molecule has 1 aromatic carbocycles. The van der Waals surface area contributed by atoms with Crippen molar-refractivity contribution in [3.63, 3.8) is 0 Å². The summed E-state index contributed by atoms with van der Waals surface area (Å²) >= 11 is 0. The molecule has 0 saturated carbocycles. The highest BCUT2D eigenvalue weighted by molar-refractivity contribution is 5.20. The molecule has 1 aromatic rings. The number of rotatable bonds is 5. The minimum atomic E-state index is 0.345. The zero-order valence-electron chi connectivity index (χ0n) is 10.6. The maximum Gasteiger partial charge on any atom is 0.133 e. The van der Waals surface area contributed by atoms with Gasteiger partial charge >= 0.3 is 0 Å². The Labute approximate surface area is 99.3 Å². The van der Waals surface area contributed by atoms with Gasteiger partial charge in [0.25, 0.3) is 0 Å². The SMILES string of the molecule is C=CC(c1ccccc1)[N+](C)(C)CC=CC. The molecule has 1 nitrogen and oxygen atoms in total. The van der Waals surface area contributed by atoms with Gasteiger partial charge in [-0.3, -0.25) is 0 Å². The van der Waals surface area contributed by atoms with Gasteiger partial charge in [-0.05, 0) is 19.1 Å². The number of benzene rings is 1. The molecule has 0 saturated heterocycles. The first-order chi connectivity index (χ1) is 7.61. The average Bonchev–Trinajstić information content (AvgIpc) is 2.28. The van der Waals surface area contributed by atoms with E-state index in [0.717, 1.165) is 11.0 Å². The van der Waals surface area contributed by atoms with Crippen LogP contribution in [0.25, 0.3) is 0 Å². The monoisotopic (exact) mass is 216 g/mol. The Bertz CT molecular complexity index is 349. The number of hydrogen-bond acceptors (Lipinski definition) is 0. The fourth-order valence-corrected chi connectivity index (χ4v) is 1.97. The summed E-state index contributed by atoms with van der Waals surface area (Å²) in [5.74, 6) is 0. The van der Waals surface area contributed by atoms with E-state index < -0.39 is 0 Å². The lowest BCUT2D eigenvalue weighted by molar-refractivity contribution is -0.908. The molecule has 0 bridgehead atoms.